The summed E-state index contributed by atoms with van der Waals surface area (Å²) in [5, 5.41) is 0.782. The minimum absolute atomic E-state index is 0.782. The van der Waals surface area contributed by atoms with Crippen molar-refractivity contribution in [2.75, 3.05) is 0 Å². The average molecular weight is 198 g/mol. The van der Waals surface area contributed by atoms with E-state index in [0.29, 0.717) is 0 Å². The Morgan fingerprint density at radius 3 is 2.31 bits per heavy atom. The second-order valence-electron chi connectivity index (χ2n) is 2.71. The largest absolute Gasteiger partial charge is 0.265 e. The van der Waals surface area contributed by atoms with Crippen LogP contribution in [-0.2, 0) is 0 Å². The fourth-order valence-electron chi connectivity index (χ4n) is 0.743. The molecule has 2 heteroatoms. The monoisotopic (exact) mass is 197 g/mol. The first-order valence-electron chi connectivity index (χ1n) is 4.27. The maximum atomic E-state index is 5.95. The number of halogens is 1. The average Bonchev–Trinajstić information content (AvgIpc) is 2.15. The Hall–Kier alpha value is -0.820. The van der Waals surface area contributed by atoms with Gasteiger partial charge in [0.15, 0.2) is 0 Å². The van der Waals surface area contributed by atoms with E-state index in [2.05, 4.69) is 4.99 Å². The van der Waals surface area contributed by atoms with E-state index >= 15 is 0 Å². The molecule has 0 bridgehead atoms. The molecule has 0 aromatic carbocycles. The van der Waals surface area contributed by atoms with Crippen LogP contribution in [0.25, 0.3) is 0 Å². The fraction of sp³-hybridized carbons (Fsp3) is 0.364. The minimum Gasteiger partial charge on any atom is -0.265 e. The summed E-state index contributed by atoms with van der Waals surface area (Å²) in [7, 11) is 0. The predicted molar refractivity (Wildman–Crippen MR) is 61.3 cm³/mol. The van der Waals surface area contributed by atoms with Gasteiger partial charge in [0, 0.05) is 17.4 Å². The van der Waals surface area contributed by atoms with Gasteiger partial charge in [0.2, 0.25) is 0 Å². The zero-order valence-electron chi connectivity index (χ0n) is 8.63. The molecule has 0 amide bonds. The number of hydrogen-bond acceptors (Lipinski definition) is 1. The topological polar surface area (TPSA) is 12.4 Å². The van der Waals surface area contributed by atoms with Gasteiger partial charge in [-0.3, -0.25) is 4.99 Å². The van der Waals surface area contributed by atoms with E-state index in [9.17, 15) is 0 Å². The highest BCUT2D eigenvalue weighted by Crippen LogP contribution is 2.16. The molecule has 0 atom stereocenters. The molecule has 13 heavy (non-hydrogen) atoms. The Kier molecular flexibility index (Phi) is 6.25. The highest BCUT2D eigenvalue weighted by molar-refractivity contribution is 6.32. The molecule has 0 fully saturated rings. The summed E-state index contributed by atoms with van der Waals surface area (Å²) in [6.45, 7) is 7.83. The van der Waals surface area contributed by atoms with Crippen molar-refractivity contribution in [3.63, 3.8) is 0 Å². The summed E-state index contributed by atoms with van der Waals surface area (Å²) >= 11 is 5.95. The van der Waals surface area contributed by atoms with Crippen molar-refractivity contribution < 1.29 is 0 Å². The van der Waals surface area contributed by atoms with Gasteiger partial charge < -0.3 is 0 Å². The van der Waals surface area contributed by atoms with Crippen LogP contribution in [0.1, 0.15) is 27.7 Å². The number of hydrogen-bond donors (Lipinski definition) is 0. The lowest BCUT2D eigenvalue weighted by molar-refractivity contribution is 1.38. The van der Waals surface area contributed by atoms with Crippen molar-refractivity contribution in [3.05, 3.63) is 34.5 Å². The van der Waals surface area contributed by atoms with Crippen molar-refractivity contribution in [1.82, 2.24) is 0 Å². The first-order valence-corrected chi connectivity index (χ1v) is 4.65. The van der Waals surface area contributed by atoms with E-state index in [1.165, 1.54) is 0 Å². The van der Waals surface area contributed by atoms with Crippen LogP contribution >= 0.6 is 11.6 Å². The molecule has 0 aliphatic heterocycles. The highest BCUT2D eigenvalue weighted by atomic mass is 35.5. The van der Waals surface area contributed by atoms with Gasteiger partial charge in [-0.05, 0) is 38.8 Å². The van der Waals surface area contributed by atoms with Crippen LogP contribution in [0.2, 0.25) is 0 Å². The third kappa shape index (κ3) is 4.69. The number of nitrogens with zero attached hydrogens (tertiary/aromatic N) is 1. The third-order valence-electron chi connectivity index (χ3n) is 1.71. The van der Waals surface area contributed by atoms with Gasteiger partial charge in [0.1, 0.15) is 0 Å². The maximum absolute atomic E-state index is 5.95. The Morgan fingerprint density at radius 2 is 1.85 bits per heavy atom. The smallest absolute Gasteiger partial charge is 0.0395 e. The molecule has 0 saturated carbocycles. The Labute approximate surface area is 85.5 Å². The van der Waals surface area contributed by atoms with Crippen LogP contribution in [0.15, 0.2) is 39.5 Å². The molecule has 72 valence electrons. The molecular weight excluding hydrogens is 182 g/mol. The summed E-state index contributed by atoms with van der Waals surface area (Å²) in [6, 6.07) is 0. The molecule has 0 aliphatic rings. The van der Waals surface area contributed by atoms with Crippen LogP contribution in [0.3, 0.4) is 0 Å². The van der Waals surface area contributed by atoms with Crippen LogP contribution < -0.4 is 0 Å². The molecule has 0 saturated heterocycles. The quantitative estimate of drug-likeness (QED) is 0.478. The van der Waals surface area contributed by atoms with Crippen molar-refractivity contribution in [2.45, 2.75) is 27.7 Å². The molecule has 1 nitrogen and oxygen atoms in total. The summed E-state index contributed by atoms with van der Waals surface area (Å²) < 4.78 is 0. The van der Waals surface area contributed by atoms with Crippen molar-refractivity contribution in [3.8, 4) is 0 Å². The number of allylic oxidation sites excluding steroid dienone is 5. The molecule has 0 aromatic rings. The van der Waals surface area contributed by atoms with Crippen molar-refractivity contribution >= 4 is 17.8 Å². The van der Waals surface area contributed by atoms with Crippen molar-refractivity contribution in [2.24, 2.45) is 4.99 Å². The van der Waals surface area contributed by atoms with E-state index in [4.69, 9.17) is 11.6 Å². The number of aliphatic imine (C=N–C) groups is 1. The lowest BCUT2D eigenvalue weighted by Gasteiger charge is -2.00. The summed E-state index contributed by atoms with van der Waals surface area (Å²) in [5.74, 6) is 0. The molecule has 0 spiro atoms. The van der Waals surface area contributed by atoms with Gasteiger partial charge in [-0.2, -0.15) is 0 Å². The summed E-state index contributed by atoms with van der Waals surface area (Å²) in [6.07, 6.45) is 7.32. The van der Waals surface area contributed by atoms with E-state index in [1.54, 1.807) is 12.4 Å². The van der Waals surface area contributed by atoms with Crippen LogP contribution in [0.4, 0.5) is 0 Å². The lowest BCUT2D eigenvalue weighted by Crippen LogP contribution is -1.85. The van der Waals surface area contributed by atoms with Crippen LogP contribution in [-0.4, -0.2) is 6.21 Å². The molecule has 0 heterocycles. The second-order valence-corrected chi connectivity index (χ2v) is 3.11. The maximum Gasteiger partial charge on any atom is 0.0395 e. The van der Waals surface area contributed by atoms with Crippen LogP contribution in [0, 0.1) is 0 Å². The zero-order valence-corrected chi connectivity index (χ0v) is 9.39. The lowest BCUT2D eigenvalue weighted by atomic mass is 10.1. The highest BCUT2D eigenvalue weighted by Gasteiger charge is 1.96. The molecule has 0 N–H and O–H groups in total. The summed E-state index contributed by atoms with van der Waals surface area (Å²) in [4.78, 5) is 4.08. The zero-order chi connectivity index (χ0) is 10.3. The Balaban J connectivity index is 4.63. The molecule has 0 radical (unpaired) electrons. The third-order valence-corrected chi connectivity index (χ3v) is 2.21. The molecule has 0 rings (SSSR count). The molecular formula is C11H16ClN. The summed E-state index contributed by atoms with van der Waals surface area (Å²) in [5.41, 5.74) is 2.15. The van der Waals surface area contributed by atoms with Gasteiger partial charge in [-0.1, -0.05) is 23.8 Å². The van der Waals surface area contributed by atoms with Crippen molar-refractivity contribution in [1.29, 1.82) is 0 Å². The van der Waals surface area contributed by atoms with E-state index in [0.717, 1.165) is 16.2 Å². The SMILES string of the molecule is C/C=C/N=C/C(C)=C(C)/C(Cl)=C\C. The second kappa shape index (κ2) is 6.67. The number of rotatable bonds is 3. The molecule has 0 aliphatic carbocycles. The Morgan fingerprint density at radius 1 is 1.23 bits per heavy atom. The normalized spacial score (nSPS) is 15.6. The van der Waals surface area contributed by atoms with Gasteiger partial charge in [-0.15, -0.1) is 0 Å². The van der Waals surface area contributed by atoms with E-state index < -0.39 is 0 Å². The molecule has 0 unspecified atom stereocenters. The Bertz CT molecular complexity index is 270. The van der Waals surface area contributed by atoms with Crippen LogP contribution in [0.5, 0.6) is 0 Å². The standard InChI is InChI=1S/C11H16ClN/c1-5-7-13-8-9(3)10(4)11(12)6-2/h5-8H,1-4H3/b7-5+,10-9+,11-6+,13-8+. The first-order chi connectivity index (χ1) is 6.13. The molecule has 0 aromatic heterocycles. The fourth-order valence-corrected chi connectivity index (χ4v) is 0.892. The predicted octanol–water partition coefficient (Wildman–Crippen LogP) is 4.07. The van der Waals surface area contributed by atoms with Gasteiger partial charge >= 0.3 is 0 Å². The van der Waals surface area contributed by atoms with E-state index in [-0.39, 0.29) is 0 Å². The van der Waals surface area contributed by atoms with Gasteiger partial charge in [0.25, 0.3) is 0 Å². The van der Waals surface area contributed by atoms with Gasteiger partial charge in [0.05, 0.1) is 0 Å². The van der Waals surface area contributed by atoms with Gasteiger partial charge in [-0.25, -0.2) is 0 Å². The minimum atomic E-state index is 0.782. The first kappa shape index (κ1) is 12.2. The van der Waals surface area contributed by atoms with E-state index in [1.807, 2.05) is 39.8 Å².